The van der Waals surface area contributed by atoms with Gasteiger partial charge in [0.25, 0.3) is 0 Å². The largest absolute Gasteiger partial charge is 0.481 e. The Labute approximate surface area is 105 Å². The zero-order chi connectivity index (χ0) is 13.0. The average molecular weight is 255 g/mol. The maximum absolute atomic E-state index is 11.8. The molecule has 94 valence electrons. The maximum atomic E-state index is 11.8. The van der Waals surface area contributed by atoms with Crippen molar-refractivity contribution < 1.29 is 14.7 Å². The van der Waals surface area contributed by atoms with Crippen LogP contribution in [0.1, 0.15) is 31.7 Å². The van der Waals surface area contributed by atoms with Crippen molar-refractivity contribution in [1.29, 1.82) is 0 Å². The number of thiophene rings is 1. The molecule has 17 heavy (non-hydrogen) atoms. The normalized spacial score (nSPS) is 15.9. The second kappa shape index (κ2) is 5.82. The highest BCUT2D eigenvalue weighted by atomic mass is 32.1. The van der Waals surface area contributed by atoms with Crippen LogP contribution >= 0.6 is 11.3 Å². The highest BCUT2D eigenvalue weighted by Gasteiger charge is 2.26. The number of carboxylic acids is 1. The number of aliphatic carboxylic acids is 1. The Morgan fingerprint density at radius 2 is 1.94 bits per heavy atom. The predicted octanol–water partition coefficient (Wildman–Crippen LogP) is 2.28. The van der Waals surface area contributed by atoms with Gasteiger partial charge in [-0.05, 0) is 18.4 Å². The molecule has 3 atom stereocenters. The van der Waals surface area contributed by atoms with Crippen LogP contribution in [0.5, 0.6) is 0 Å². The molecule has 2 N–H and O–H groups in total. The number of carboxylic acid groups (broad SMARTS) is 1. The van der Waals surface area contributed by atoms with E-state index < -0.39 is 17.8 Å². The van der Waals surface area contributed by atoms with Gasteiger partial charge in [0, 0.05) is 10.8 Å². The van der Waals surface area contributed by atoms with Gasteiger partial charge in [0.15, 0.2) is 0 Å². The SMILES string of the molecule is CC(C(=O)O)C(C)C(=O)N[C@@H](C)c1cccs1. The Hall–Kier alpha value is -1.36. The van der Waals surface area contributed by atoms with E-state index in [-0.39, 0.29) is 11.9 Å². The Kier molecular flexibility index (Phi) is 4.69. The second-order valence-electron chi connectivity index (χ2n) is 4.16. The smallest absolute Gasteiger partial charge is 0.307 e. The summed E-state index contributed by atoms with van der Waals surface area (Å²) in [5, 5.41) is 13.6. The fraction of sp³-hybridized carbons (Fsp3) is 0.500. The summed E-state index contributed by atoms with van der Waals surface area (Å²) >= 11 is 1.57. The van der Waals surface area contributed by atoms with Crippen molar-refractivity contribution in [2.24, 2.45) is 11.8 Å². The van der Waals surface area contributed by atoms with Crippen molar-refractivity contribution in [3.05, 3.63) is 22.4 Å². The third kappa shape index (κ3) is 3.56. The van der Waals surface area contributed by atoms with Gasteiger partial charge in [0.2, 0.25) is 5.91 Å². The van der Waals surface area contributed by atoms with E-state index in [4.69, 9.17) is 5.11 Å². The summed E-state index contributed by atoms with van der Waals surface area (Å²) in [7, 11) is 0. The molecule has 0 bridgehead atoms. The van der Waals surface area contributed by atoms with Gasteiger partial charge in [-0.3, -0.25) is 9.59 Å². The van der Waals surface area contributed by atoms with Gasteiger partial charge in [0.1, 0.15) is 0 Å². The number of carbonyl (C=O) groups is 2. The van der Waals surface area contributed by atoms with E-state index in [9.17, 15) is 9.59 Å². The van der Waals surface area contributed by atoms with Crippen LogP contribution in [0.25, 0.3) is 0 Å². The highest BCUT2D eigenvalue weighted by molar-refractivity contribution is 7.10. The molecule has 4 nitrogen and oxygen atoms in total. The third-order valence-corrected chi connectivity index (χ3v) is 3.94. The Morgan fingerprint density at radius 3 is 2.41 bits per heavy atom. The summed E-state index contributed by atoms with van der Waals surface area (Å²) in [5.74, 6) is -2.38. The molecule has 1 aromatic heterocycles. The van der Waals surface area contributed by atoms with E-state index in [1.165, 1.54) is 0 Å². The minimum absolute atomic E-state index is 0.0778. The van der Waals surface area contributed by atoms with Gasteiger partial charge in [-0.2, -0.15) is 0 Å². The van der Waals surface area contributed by atoms with Gasteiger partial charge >= 0.3 is 5.97 Å². The van der Waals surface area contributed by atoms with Crippen LogP contribution < -0.4 is 5.32 Å². The summed E-state index contributed by atoms with van der Waals surface area (Å²) < 4.78 is 0. The quantitative estimate of drug-likeness (QED) is 0.848. The molecule has 0 fully saturated rings. The predicted molar refractivity (Wildman–Crippen MR) is 66.8 cm³/mol. The molecule has 5 heteroatoms. The van der Waals surface area contributed by atoms with Crippen LogP contribution in [0, 0.1) is 11.8 Å². The number of amides is 1. The monoisotopic (exact) mass is 255 g/mol. The van der Waals surface area contributed by atoms with Crippen LogP contribution in [0.15, 0.2) is 17.5 Å². The molecule has 0 spiro atoms. The molecule has 0 aliphatic rings. The van der Waals surface area contributed by atoms with Gasteiger partial charge in [-0.25, -0.2) is 0 Å². The lowest BCUT2D eigenvalue weighted by Gasteiger charge is -2.19. The first-order valence-corrected chi connectivity index (χ1v) is 6.38. The van der Waals surface area contributed by atoms with Crippen molar-refractivity contribution in [2.75, 3.05) is 0 Å². The van der Waals surface area contributed by atoms with Crippen LogP contribution in [-0.4, -0.2) is 17.0 Å². The van der Waals surface area contributed by atoms with E-state index in [0.29, 0.717) is 0 Å². The molecule has 0 saturated carbocycles. The lowest BCUT2D eigenvalue weighted by molar-refractivity contribution is -0.146. The van der Waals surface area contributed by atoms with Gasteiger partial charge < -0.3 is 10.4 Å². The standard InChI is InChI=1S/C12H17NO3S/c1-7(8(2)12(15)16)11(14)13-9(3)10-5-4-6-17-10/h4-9H,1-3H3,(H,13,14)(H,15,16)/t7?,8?,9-/m0/s1. The van der Waals surface area contributed by atoms with E-state index in [1.54, 1.807) is 25.2 Å². The Balaban J connectivity index is 2.57. The van der Waals surface area contributed by atoms with Crippen molar-refractivity contribution in [3.63, 3.8) is 0 Å². The Bertz CT molecular complexity index is 388. The summed E-state index contributed by atoms with van der Waals surface area (Å²) in [4.78, 5) is 23.7. The molecule has 1 heterocycles. The summed E-state index contributed by atoms with van der Waals surface area (Å²) in [5.41, 5.74) is 0. The van der Waals surface area contributed by atoms with Crippen molar-refractivity contribution >= 4 is 23.2 Å². The zero-order valence-electron chi connectivity index (χ0n) is 10.1. The number of hydrogen-bond acceptors (Lipinski definition) is 3. The summed E-state index contributed by atoms with van der Waals surface area (Å²) in [6.45, 7) is 5.07. The molecular weight excluding hydrogens is 238 g/mol. The van der Waals surface area contributed by atoms with Crippen LogP contribution in [0.3, 0.4) is 0 Å². The van der Waals surface area contributed by atoms with Gasteiger partial charge in [-0.15, -0.1) is 11.3 Å². The van der Waals surface area contributed by atoms with Gasteiger partial charge in [-0.1, -0.05) is 19.9 Å². The fourth-order valence-electron chi connectivity index (χ4n) is 1.39. The number of nitrogens with one attached hydrogen (secondary N) is 1. The first-order valence-electron chi connectivity index (χ1n) is 5.50. The maximum Gasteiger partial charge on any atom is 0.307 e. The lowest BCUT2D eigenvalue weighted by Crippen LogP contribution is -2.36. The zero-order valence-corrected chi connectivity index (χ0v) is 11.0. The van der Waals surface area contributed by atoms with E-state index in [1.807, 2.05) is 24.4 Å². The average Bonchev–Trinajstić information content (AvgIpc) is 2.80. The summed E-state index contributed by atoms with van der Waals surface area (Å²) in [6, 6.07) is 3.79. The lowest BCUT2D eigenvalue weighted by atomic mass is 9.95. The molecule has 0 aliphatic heterocycles. The topological polar surface area (TPSA) is 66.4 Å². The van der Waals surface area contributed by atoms with E-state index >= 15 is 0 Å². The molecule has 1 aromatic rings. The van der Waals surface area contributed by atoms with Gasteiger partial charge in [0.05, 0.1) is 12.0 Å². The molecule has 0 aliphatic carbocycles. The molecule has 1 rings (SSSR count). The number of carbonyl (C=O) groups excluding carboxylic acids is 1. The molecular formula is C12H17NO3S. The second-order valence-corrected chi connectivity index (χ2v) is 5.14. The first kappa shape index (κ1) is 13.7. The van der Waals surface area contributed by atoms with Crippen LogP contribution in [0.2, 0.25) is 0 Å². The van der Waals surface area contributed by atoms with E-state index in [2.05, 4.69) is 5.32 Å². The minimum Gasteiger partial charge on any atom is -0.481 e. The molecule has 0 radical (unpaired) electrons. The molecule has 1 amide bonds. The fourth-order valence-corrected chi connectivity index (χ4v) is 2.13. The van der Waals surface area contributed by atoms with Crippen LogP contribution in [-0.2, 0) is 9.59 Å². The summed E-state index contributed by atoms with van der Waals surface area (Å²) in [6.07, 6.45) is 0. The molecule has 0 aromatic carbocycles. The number of rotatable bonds is 5. The number of hydrogen-bond donors (Lipinski definition) is 2. The highest BCUT2D eigenvalue weighted by Crippen LogP contribution is 2.19. The third-order valence-electron chi connectivity index (χ3n) is 2.88. The molecule has 2 unspecified atom stereocenters. The van der Waals surface area contributed by atoms with Crippen LogP contribution in [0.4, 0.5) is 0 Å². The Morgan fingerprint density at radius 1 is 1.29 bits per heavy atom. The van der Waals surface area contributed by atoms with Crippen molar-refractivity contribution in [3.8, 4) is 0 Å². The van der Waals surface area contributed by atoms with Crippen molar-refractivity contribution in [2.45, 2.75) is 26.8 Å². The van der Waals surface area contributed by atoms with Crippen molar-refractivity contribution in [1.82, 2.24) is 5.32 Å². The minimum atomic E-state index is -0.948. The first-order chi connectivity index (χ1) is 7.93. The van der Waals surface area contributed by atoms with E-state index in [0.717, 1.165) is 4.88 Å². The molecule has 0 saturated heterocycles.